The Balaban J connectivity index is 2.08. The molecule has 0 aliphatic rings. The van der Waals surface area contributed by atoms with Gasteiger partial charge in [0, 0.05) is 34.1 Å². The van der Waals surface area contributed by atoms with E-state index in [2.05, 4.69) is 16.0 Å². The van der Waals surface area contributed by atoms with Crippen molar-refractivity contribution in [1.29, 1.82) is 5.26 Å². The number of nitrogens with zero attached hydrogens (tertiary/aromatic N) is 3. The number of anilines is 1. The molecule has 0 aromatic carbocycles. The second kappa shape index (κ2) is 4.30. The molecule has 5 nitrogen and oxygen atoms in total. The molecule has 0 spiro atoms. The standard InChI is InChI=1S/C15H8N4OS/c16-4-13-14(9-6-18-2-1-12(9)21-13)11-3-8-5-19-7-10(17)15(8)20-11/h1-3,5-7H,17H2. The molecule has 0 saturated carbocycles. The Labute approximate surface area is 123 Å². The van der Waals surface area contributed by atoms with Crippen LogP contribution in [0.5, 0.6) is 0 Å². The summed E-state index contributed by atoms with van der Waals surface area (Å²) in [5.74, 6) is 0.612. The molecule has 21 heavy (non-hydrogen) atoms. The van der Waals surface area contributed by atoms with E-state index in [4.69, 9.17) is 10.2 Å². The summed E-state index contributed by atoms with van der Waals surface area (Å²) in [5, 5.41) is 11.1. The molecule has 4 rings (SSSR count). The van der Waals surface area contributed by atoms with E-state index in [9.17, 15) is 5.26 Å². The quantitative estimate of drug-likeness (QED) is 0.579. The molecule has 4 heterocycles. The first-order valence-electron chi connectivity index (χ1n) is 6.18. The molecule has 0 aliphatic carbocycles. The van der Waals surface area contributed by atoms with Crippen LogP contribution in [0.4, 0.5) is 5.69 Å². The molecule has 0 amide bonds. The number of nitrogens with two attached hydrogens (primary N) is 1. The van der Waals surface area contributed by atoms with E-state index >= 15 is 0 Å². The fourth-order valence-corrected chi connectivity index (χ4v) is 3.34. The lowest BCUT2D eigenvalue weighted by Gasteiger charge is -1.95. The summed E-state index contributed by atoms with van der Waals surface area (Å²) in [7, 11) is 0. The maximum Gasteiger partial charge on any atom is 0.160 e. The highest BCUT2D eigenvalue weighted by molar-refractivity contribution is 7.20. The van der Waals surface area contributed by atoms with Gasteiger partial charge < -0.3 is 10.2 Å². The summed E-state index contributed by atoms with van der Waals surface area (Å²) in [6.07, 6.45) is 6.70. The van der Waals surface area contributed by atoms with Crippen molar-refractivity contribution in [2.45, 2.75) is 0 Å². The van der Waals surface area contributed by atoms with Gasteiger partial charge in [-0.2, -0.15) is 5.26 Å². The smallest absolute Gasteiger partial charge is 0.160 e. The first-order chi connectivity index (χ1) is 10.3. The topological polar surface area (TPSA) is 88.7 Å². The molecule has 0 fully saturated rings. The van der Waals surface area contributed by atoms with E-state index in [-0.39, 0.29) is 0 Å². The van der Waals surface area contributed by atoms with Crippen LogP contribution < -0.4 is 5.73 Å². The van der Waals surface area contributed by atoms with Crippen molar-refractivity contribution in [3.8, 4) is 17.4 Å². The van der Waals surface area contributed by atoms with Gasteiger partial charge >= 0.3 is 0 Å². The van der Waals surface area contributed by atoms with Gasteiger partial charge in [-0.25, -0.2) is 0 Å². The predicted molar refractivity (Wildman–Crippen MR) is 81.8 cm³/mol. The van der Waals surface area contributed by atoms with Crippen LogP contribution >= 0.6 is 11.3 Å². The lowest BCUT2D eigenvalue weighted by atomic mass is 10.1. The van der Waals surface area contributed by atoms with E-state index in [1.165, 1.54) is 11.3 Å². The molecule has 2 N–H and O–H groups in total. The van der Waals surface area contributed by atoms with E-state index < -0.39 is 0 Å². The largest absolute Gasteiger partial charge is 0.454 e. The third-order valence-corrected chi connectivity index (χ3v) is 4.36. The maximum atomic E-state index is 9.37. The first-order valence-corrected chi connectivity index (χ1v) is 6.99. The van der Waals surface area contributed by atoms with E-state index in [1.54, 1.807) is 24.8 Å². The van der Waals surface area contributed by atoms with Crippen molar-refractivity contribution in [3.63, 3.8) is 0 Å². The van der Waals surface area contributed by atoms with Crippen LogP contribution in [-0.4, -0.2) is 9.97 Å². The third-order valence-electron chi connectivity index (χ3n) is 3.29. The predicted octanol–water partition coefficient (Wildman–Crippen LogP) is 3.56. The number of nitrogen functional groups attached to an aromatic ring is 1. The lowest BCUT2D eigenvalue weighted by molar-refractivity contribution is 0.633. The zero-order valence-electron chi connectivity index (χ0n) is 10.7. The Kier molecular flexibility index (Phi) is 2.43. The first kappa shape index (κ1) is 11.9. The monoisotopic (exact) mass is 292 g/mol. The maximum absolute atomic E-state index is 9.37. The van der Waals surface area contributed by atoms with Crippen molar-refractivity contribution in [3.05, 3.63) is 41.8 Å². The minimum absolute atomic E-state index is 0.481. The number of nitriles is 1. The minimum atomic E-state index is 0.481. The van der Waals surface area contributed by atoms with Gasteiger partial charge in [-0.05, 0) is 12.1 Å². The highest BCUT2D eigenvalue weighted by Crippen LogP contribution is 2.40. The van der Waals surface area contributed by atoms with Crippen LogP contribution in [0.1, 0.15) is 4.88 Å². The number of thiophene rings is 1. The second-order valence-corrected chi connectivity index (χ2v) is 5.60. The summed E-state index contributed by atoms with van der Waals surface area (Å²) in [5.41, 5.74) is 7.71. The van der Waals surface area contributed by atoms with Gasteiger partial charge in [-0.3, -0.25) is 9.97 Å². The van der Waals surface area contributed by atoms with Crippen molar-refractivity contribution in [2.24, 2.45) is 0 Å². The van der Waals surface area contributed by atoms with E-state index in [0.717, 1.165) is 21.0 Å². The third kappa shape index (κ3) is 1.68. The van der Waals surface area contributed by atoms with Crippen LogP contribution in [0.2, 0.25) is 0 Å². The minimum Gasteiger partial charge on any atom is -0.454 e. The van der Waals surface area contributed by atoms with Gasteiger partial charge in [-0.15, -0.1) is 11.3 Å². The number of furan rings is 1. The second-order valence-electron chi connectivity index (χ2n) is 4.55. The summed E-state index contributed by atoms with van der Waals surface area (Å²) in [6.45, 7) is 0. The molecular weight excluding hydrogens is 284 g/mol. The van der Waals surface area contributed by atoms with Gasteiger partial charge in [-0.1, -0.05) is 0 Å². The van der Waals surface area contributed by atoms with Crippen LogP contribution in [0.3, 0.4) is 0 Å². The Morgan fingerprint density at radius 3 is 2.95 bits per heavy atom. The van der Waals surface area contributed by atoms with Crippen molar-refractivity contribution in [2.75, 3.05) is 5.73 Å². The number of hydrogen-bond acceptors (Lipinski definition) is 6. The molecule has 0 saturated heterocycles. The van der Waals surface area contributed by atoms with Crippen LogP contribution in [0, 0.1) is 11.3 Å². The Morgan fingerprint density at radius 2 is 2.14 bits per heavy atom. The summed E-state index contributed by atoms with van der Waals surface area (Å²) < 4.78 is 6.86. The molecule has 0 atom stereocenters. The molecule has 0 radical (unpaired) electrons. The van der Waals surface area contributed by atoms with Gasteiger partial charge in [0.1, 0.15) is 16.7 Å². The Morgan fingerprint density at radius 1 is 1.24 bits per heavy atom. The highest BCUT2D eigenvalue weighted by atomic mass is 32.1. The zero-order chi connectivity index (χ0) is 14.4. The molecule has 0 bridgehead atoms. The molecule has 4 aromatic rings. The summed E-state index contributed by atoms with van der Waals surface area (Å²) >= 11 is 1.42. The fourth-order valence-electron chi connectivity index (χ4n) is 2.37. The van der Waals surface area contributed by atoms with Crippen molar-refractivity contribution >= 4 is 38.1 Å². The van der Waals surface area contributed by atoms with E-state index in [1.807, 2.05) is 12.1 Å². The zero-order valence-corrected chi connectivity index (χ0v) is 11.5. The molecule has 4 aromatic heterocycles. The Bertz CT molecular complexity index is 1030. The molecular formula is C15H8N4OS. The lowest BCUT2D eigenvalue weighted by Crippen LogP contribution is -1.85. The number of aromatic nitrogens is 2. The SMILES string of the molecule is N#Cc1sc2ccncc2c1-c1cc2cncc(N)c2o1. The number of rotatable bonds is 1. The van der Waals surface area contributed by atoms with E-state index in [0.29, 0.717) is 21.9 Å². The van der Waals surface area contributed by atoms with Gasteiger partial charge in [0.2, 0.25) is 0 Å². The molecule has 6 heteroatoms. The highest BCUT2D eigenvalue weighted by Gasteiger charge is 2.18. The molecule has 0 aliphatic heterocycles. The molecule has 0 unspecified atom stereocenters. The van der Waals surface area contributed by atoms with Gasteiger partial charge in [0.15, 0.2) is 5.58 Å². The normalized spacial score (nSPS) is 11.0. The average Bonchev–Trinajstić information content (AvgIpc) is 3.08. The van der Waals surface area contributed by atoms with Crippen LogP contribution in [0.25, 0.3) is 32.4 Å². The van der Waals surface area contributed by atoms with Gasteiger partial charge in [0.25, 0.3) is 0 Å². The van der Waals surface area contributed by atoms with Crippen LogP contribution in [0.15, 0.2) is 41.3 Å². The van der Waals surface area contributed by atoms with Crippen LogP contribution in [-0.2, 0) is 0 Å². The number of pyridine rings is 2. The van der Waals surface area contributed by atoms with Crippen molar-refractivity contribution < 1.29 is 4.42 Å². The summed E-state index contributed by atoms with van der Waals surface area (Å²) in [4.78, 5) is 8.79. The fraction of sp³-hybridized carbons (Fsp3) is 0. The summed E-state index contributed by atoms with van der Waals surface area (Å²) in [6, 6.07) is 5.97. The Hall–Kier alpha value is -2.91. The number of fused-ring (bicyclic) bond motifs is 2. The molecule has 100 valence electrons. The van der Waals surface area contributed by atoms with Crippen molar-refractivity contribution in [1.82, 2.24) is 9.97 Å². The average molecular weight is 292 g/mol. The van der Waals surface area contributed by atoms with Gasteiger partial charge in [0.05, 0.1) is 17.4 Å². The number of hydrogen-bond donors (Lipinski definition) is 1.